The molecule has 0 fully saturated rings. The minimum atomic E-state index is -0.159. The SMILES string of the molecule is C=CCC(CC=C)C(=O)Nc1cc(Br)cc(C)c1N.Cl. The summed E-state index contributed by atoms with van der Waals surface area (Å²) in [4.78, 5) is 12.2. The normalized spacial score (nSPS) is 9.75. The number of allylic oxidation sites excluding steroid dienone is 2. The van der Waals surface area contributed by atoms with Crippen molar-refractivity contribution in [2.24, 2.45) is 5.92 Å². The Kier molecular flexibility index (Phi) is 8.26. The Morgan fingerprint density at radius 3 is 2.45 bits per heavy atom. The molecule has 3 nitrogen and oxygen atoms in total. The quantitative estimate of drug-likeness (QED) is 0.581. The van der Waals surface area contributed by atoms with E-state index in [2.05, 4.69) is 34.4 Å². The maximum Gasteiger partial charge on any atom is 0.228 e. The molecule has 0 spiro atoms. The molecule has 0 bridgehead atoms. The molecule has 0 aliphatic heterocycles. The highest BCUT2D eigenvalue weighted by molar-refractivity contribution is 9.10. The summed E-state index contributed by atoms with van der Waals surface area (Å²) in [5, 5.41) is 2.87. The monoisotopic (exact) mass is 358 g/mol. The molecule has 0 heterocycles. The fourth-order valence-electron chi connectivity index (χ4n) is 1.81. The van der Waals surface area contributed by atoms with Crippen molar-refractivity contribution in [3.05, 3.63) is 47.5 Å². The van der Waals surface area contributed by atoms with Gasteiger partial charge in [-0.15, -0.1) is 25.6 Å². The van der Waals surface area contributed by atoms with Crippen LogP contribution in [0.5, 0.6) is 0 Å². The summed E-state index contributed by atoms with van der Waals surface area (Å²) in [5.41, 5.74) is 8.12. The Balaban J connectivity index is 0.00000361. The van der Waals surface area contributed by atoms with E-state index in [4.69, 9.17) is 5.73 Å². The number of rotatable bonds is 6. The zero-order chi connectivity index (χ0) is 14.4. The summed E-state index contributed by atoms with van der Waals surface area (Å²) < 4.78 is 0.887. The van der Waals surface area contributed by atoms with Crippen molar-refractivity contribution in [3.8, 4) is 0 Å². The van der Waals surface area contributed by atoms with Gasteiger partial charge in [-0.1, -0.05) is 28.1 Å². The number of aryl methyl sites for hydroxylation is 1. The maximum absolute atomic E-state index is 12.2. The van der Waals surface area contributed by atoms with Gasteiger partial charge in [0, 0.05) is 10.4 Å². The van der Waals surface area contributed by atoms with Crippen LogP contribution < -0.4 is 11.1 Å². The van der Waals surface area contributed by atoms with Gasteiger partial charge in [0.05, 0.1) is 11.4 Å². The Morgan fingerprint density at radius 2 is 1.95 bits per heavy atom. The van der Waals surface area contributed by atoms with Crippen molar-refractivity contribution in [2.45, 2.75) is 19.8 Å². The molecule has 1 aromatic rings. The number of benzene rings is 1. The number of amides is 1. The molecule has 0 unspecified atom stereocenters. The van der Waals surface area contributed by atoms with Gasteiger partial charge in [0.1, 0.15) is 0 Å². The minimum absolute atomic E-state index is 0. The molecule has 0 aromatic heterocycles. The van der Waals surface area contributed by atoms with Crippen molar-refractivity contribution in [2.75, 3.05) is 11.1 Å². The molecule has 1 aromatic carbocycles. The van der Waals surface area contributed by atoms with E-state index in [9.17, 15) is 4.79 Å². The number of hydrogen-bond donors (Lipinski definition) is 2. The number of nitrogens with one attached hydrogen (secondary N) is 1. The van der Waals surface area contributed by atoms with E-state index in [1.165, 1.54) is 0 Å². The summed E-state index contributed by atoms with van der Waals surface area (Å²) in [6.45, 7) is 9.25. The van der Waals surface area contributed by atoms with Crippen LogP contribution in [0.25, 0.3) is 0 Å². The lowest BCUT2D eigenvalue weighted by atomic mass is 10.00. The maximum atomic E-state index is 12.2. The van der Waals surface area contributed by atoms with Crippen LogP contribution in [0.4, 0.5) is 11.4 Å². The van der Waals surface area contributed by atoms with Crippen molar-refractivity contribution < 1.29 is 4.79 Å². The minimum Gasteiger partial charge on any atom is -0.397 e. The number of hydrogen-bond acceptors (Lipinski definition) is 2. The molecule has 0 radical (unpaired) electrons. The number of nitrogens with two attached hydrogens (primary N) is 1. The van der Waals surface area contributed by atoms with Crippen molar-refractivity contribution in [1.82, 2.24) is 0 Å². The molecule has 0 aliphatic rings. The average molecular weight is 360 g/mol. The molecule has 0 atom stereocenters. The molecule has 20 heavy (non-hydrogen) atoms. The fraction of sp³-hybridized carbons (Fsp3) is 0.267. The molecule has 1 amide bonds. The lowest BCUT2D eigenvalue weighted by molar-refractivity contribution is -0.119. The largest absolute Gasteiger partial charge is 0.397 e. The van der Waals surface area contributed by atoms with E-state index >= 15 is 0 Å². The Hall–Kier alpha value is -1.26. The average Bonchev–Trinajstić information content (AvgIpc) is 2.35. The molecule has 5 heteroatoms. The van der Waals surface area contributed by atoms with Crippen LogP contribution in [0.2, 0.25) is 0 Å². The van der Waals surface area contributed by atoms with Crippen LogP contribution in [-0.4, -0.2) is 5.91 Å². The Bertz CT molecular complexity index is 493. The van der Waals surface area contributed by atoms with Gasteiger partial charge < -0.3 is 11.1 Å². The van der Waals surface area contributed by atoms with Gasteiger partial charge in [0.25, 0.3) is 0 Å². The predicted molar refractivity (Wildman–Crippen MR) is 92.3 cm³/mol. The van der Waals surface area contributed by atoms with Gasteiger partial charge in [-0.05, 0) is 37.5 Å². The van der Waals surface area contributed by atoms with Gasteiger partial charge in [-0.3, -0.25) is 4.79 Å². The van der Waals surface area contributed by atoms with E-state index in [1.807, 2.05) is 13.0 Å². The Labute approximate surface area is 134 Å². The second kappa shape index (κ2) is 8.82. The van der Waals surface area contributed by atoms with E-state index in [1.54, 1.807) is 18.2 Å². The number of carbonyl (C=O) groups is 1. The first-order valence-corrected chi connectivity index (χ1v) is 6.87. The summed E-state index contributed by atoms with van der Waals surface area (Å²) in [7, 11) is 0. The third kappa shape index (κ3) is 5.02. The first kappa shape index (κ1) is 18.7. The molecule has 0 aliphatic carbocycles. The van der Waals surface area contributed by atoms with E-state index in [-0.39, 0.29) is 24.2 Å². The molecule has 110 valence electrons. The Morgan fingerprint density at radius 1 is 1.40 bits per heavy atom. The third-order valence-corrected chi connectivity index (χ3v) is 3.34. The van der Waals surface area contributed by atoms with Crippen LogP contribution >= 0.6 is 28.3 Å². The molecular formula is C15H20BrClN2O. The number of halogens is 2. The summed E-state index contributed by atoms with van der Waals surface area (Å²) in [6.07, 6.45) is 4.71. The lowest BCUT2D eigenvalue weighted by Crippen LogP contribution is -2.22. The smallest absolute Gasteiger partial charge is 0.228 e. The van der Waals surface area contributed by atoms with Crippen molar-refractivity contribution in [3.63, 3.8) is 0 Å². The van der Waals surface area contributed by atoms with Gasteiger partial charge in [-0.25, -0.2) is 0 Å². The second-order valence-electron chi connectivity index (χ2n) is 4.42. The first-order chi connectivity index (χ1) is 8.99. The van der Waals surface area contributed by atoms with Gasteiger partial charge in [0.15, 0.2) is 0 Å². The van der Waals surface area contributed by atoms with Gasteiger partial charge in [-0.2, -0.15) is 0 Å². The molecule has 1 rings (SSSR count). The second-order valence-corrected chi connectivity index (χ2v) is 5.33. The molecule has 3 N–H and O–H groups in total. The molecule has 0 saturated heterocycles. The number of carbonyl (C=O) groups excluding carboxylic acids is 1. The van der Waals surface area contributed by atoms with Crippen molar-refractivity contribution in [1.29, 1.82) is 0 Å². The fourth-order valence-corrected chi connectivity index (χ4v) is 2.38. The summed E-state index contributed by atoms with van der Waals surface area (Å²) >= 11 is 3.40. The van der Waals surface area contributed by atoms with E-state index in [0.29, 0.717) is 24.2 Å². The first-order valence-electron chi connectivity index (χ1n) is 6.07. The number of nitrogen functional groups attached to an aromatic ring is 1. The standard InChI is InChI=1S/C15H19BrN2O.ClH/c1-4-6-11(7-5-2)15(19)18-13-9-12(16)8-10(3)14(13)17;/h4-5,8-9,11H,1-2,6-7,17H2,3H3,(H,18,19);1H. The van der Waals surface area contributed by atoms with Crippen LogP contribution in [0, 0.1) is 12.8 Å². The topological polar surface area (TPSA) is 55.1 Å². The highest BCUT2D eigenvalue weighted by Gasteiger charge is 2.17. The number of anilines is 2. The van der Waals surface area contributed by atoms with Crippen LogP contribution in [-0.2, 0) is 4.79 Å². The molecule has 0 saturated carbocycles. The van der Waals surface area contributed by atoms with Crippen LogP contribution in [0.1, 0.15) is 18.4 Å². The predicted octanol–water partition coefficient (Wildman–Crippen LogP) is 4.47. The lowest BCUT2D eigenvalue weighted by Gasteiger charge is -2.16. The van der Waals surface area contributed by atoms with E-state index in [0.717, 1.165) is 10.0 Å². The van der Waals surface area contributed by atoms with E-state index < -0.39 is 0 Å². The summed E-state index contributed by atoms with van der Waals surface area (Å²) in [6, 6.07) is 3.72. The zero-order valence-corrected chi connectivity index (χ0v) is 13.9. The summed E-state index contributed by atoms with van der Waals surface area (Å²) in [5.74, 6) is -0.224. The third-order valence-electron chi connectivity index (χ3n) is 2.88. The highest BCUT2D eigenvalue weighted by atomic mass is 79.9. The van der Waals surface area contributed by atoms with Gasteiger partial charge in [0.2, 0.25) is 5.91 Å². The van der Waals surface area contributed by atoms with Crippen molar-refractivity contribution >= 4 is 45.6 Å². The van der Waals surface area contributed by atoms with Gasteiger partial charge >= 0.3 is 0 Å². The highest BCUT2D eigenvalue weighted by Crippen LogP contribution is 2.28. The zero-order valence-electron chi connectivity index (χ0n) is 11.5. The molecular weight excluding hydrogens is 340 g/mol. The van der Waals surface area contributed by atoms with Crippen LogP contribution in [0.3, 0.4) is 0 Å². The van der Waals surface area contributed by atoms with Crippen LogP contribution in [0.15, 0.2) is 41.9 Å².